The molecular formula is C17H10F2N2O2. The number of ether oxygens (including phenoxy) is 1. The summed E-state index contributed by atoms with van der Waals surface area (Å²) in [5.74, 6) is -0.991. The SMILES string of the molecule is N#Cc1c(=O)[nH]c(OCc2ccccc2F)c2cc(F)ccc12. The highest BCUT2D eigenvalue weighted by Gasteiger charge is 2.13. The first-order chi connectivity index (χ1) is 11.1. The van der Waals surface area contributed by atoms with E-state index in [-0.39, 0.29) is 28.8 Å². The van der Waals surface area contributed by atoms with Crippen LogP contribution in [0.2, 0.25) is 0 Å². The third kappa shape index (κ3) is 2.77. The predicted molar refractivity (Wildman–Crippen MR) is 80.0 cm³/mol. The normalized spacial score (nSPS) is 10.5. The lowest BCUT2D eigenvalue weighted by Gasteiger charge is -2.10. The van der Waals surface area contributed by atoms with Crippen molar-refractivity contribution in [3.05, 3.63) is 75.6 Å². The van der Waals surface area contributed by atoms with Crippen molar-refractivity contribution in [3.8, 4) is 11.9 Å². The van der Waals surface area contributed by atoms with Crippen molar-refractivity contribution in [1.82, 2.24) is 4.98 Å². The maximum atomic E-state index is 13.6. The van der Waals surface area contributed by atoms with E-state index in [0.29, 0.717) is 5.56 Å². The Bertz CT molecular complexity index is 990. The molecule has 0 aliphatic rings. The number of rotatable bonds is 3. The van der Waals surface area contributed by atoms with E-state index in [1.165, 1.54) is 12.1 Å². The van der Waals surface area contributed by atoms with Crippen LogP contribution in [0.1, 0.15) is 11.1 Å². The topological polar surface area (TPSA) is 65.9 Å². The molecule has 0 unspecified atom stereocenters. The van der Waals surface area contributed by atoms with Crippen LogP contribution in [0.4, 0.5) is 8.78 Å². The number of halogens is 2. The van der Waals surface area contributed by atoms with Crippen LogP contribution in [-0.2, 0) is 6.61 Å². The average Bonchev–Trinajstić information content (AvgIpc) is 2.54. The Morgan fingerprint density at radius 3 is 2.65 bits per heavy atom. The molecule has 1 heterocycles. The molecule has 1 N–H and O–H groups in total. The van der Waals surface area contributed by atoms with Gasteiger partial charge < -0.3 is 4.74 Å². The number of aromatic amines is 1. The van der Waals surface area contributed by atoms with E-state index in [1.54, 1.807) is 24.3 Å². The molecular weight excluding hydrogens is 302 g/mol. The van der Waals surface area contributed by atoms with Crippen LogP contribution in [0, 0.1) is 23.0 Å². The number of hydrogen-bond acceptors (Lipinski definition) is 3. The summed E-state index contributed by atoms with van der Waals surface area (Å²) >= 11 is 0. The fourth-order valence-electron chi connectivity index (χ4n) is 2.27. The molecule has 6 heteroatoms. The molecule has 0 amide bonds. The van der Waals surface area contributed by atoms with Crippen LogP contribution in [0.3, 0.4) is 0 Å². The van der Waals surface area contributed by atoms with E-state index in [1.807, 2.05) is 0 Å². The molecule has 0 bridgehead atoms. The van der Waals surface area contributed by atoms with E-state index < -0.39 is 17.2 Å². The van der Waals surface area contributed by atoms with Crippen molar-refractivity contribution in [2.45, 2.75) is 6.61 Å². The monoisotopic (exact) mass is 312 g/mol. The van der Waals surface area contributed by atoms with Crippen molar-refractivity contribution in [3.63, 3.8) is 0 Å². The first-order valence-electron chi connectivity index (χ1n) is 6.72. The van der Waals surface area contributed by atoms with Gasteiger partial charge in [0.05, 0.1) is 0 Å². The Balaban J connectivity index is 2.08. The quantitative estimate of drug-likeness (QED) is 0.807. The van der Waals surface area contributed by atoms with Gasteiger partial charge in [-0.15, -0.1) is 0 Å². The minimum Gasteiger partial charge on any atom is -0.473 e. The van der Waals surface area contributed by atoms with E-state index in [9.17, 15) is 13.6 Å². The summed E-state index contributed by atoms with van der Waals surface area (Å²) in [4.78, 5) is 14.3. The zero-order chi connectivity index (χ0) is 16.4. The van der Waals surface area contributed by atoms with Gasteiger partial charge in [0.15, 0.2) is 0 Å². The van der Waals surface area contributed by atoms with Gasteiger partial charge in [-0.05, 0) is 24.3 Å². The molecule has 3 aromatic rings. The maximum Gasteiger partial charge on any atom is 0.269 e. The molecule has 1 aromatic heterocycles. The standard InChI is InChI=1S/C17H10F2N2O2/c18-11-5-6-12-13(7-11)17(21-16(22)14(12)8-20)23-9-10-3-1-2-4-15(10)19/h1-7H,9H2,(H,21,22). The summed E-state index contributed by atoms with van der Waals surface area (Å²) in [6, 6.07) is 11.5. The Kier molecular flexibility index (Phi) is 3.77. The van der Waals surface area contributed by atoms with Gasteiger partial charge in [0.25, 0.3) is 5.56 Å². The number of H-pyrrole nitrogens is 1. The number of aromatic nitrogens is 1. The maximum absolute atomic E-state index is 13.6. The van der Waals surface area contributed by atoms with Gasteiger partial charge in [-0.1, -0.05) is 18.2 Å². The van der Waals surface area contributed by atoms with Crippen LogP contribution in [-0.4, -0.2) is 4.98 Å². The Morgan fingerprint density at radius 2 is 1.91 bits per heavy atom. The lowest BCUT2D eigenvalue weighted by molar-refractivity contribution is 0.291. The number of nitrogens with one attached hydrogen (secondary N) is 1. The van der Waals surface area contributed by atoms with E-state index >= 15 is 0 Å². The third-order valence-electron chi connectivity index (χ3n) is 3.39. The van der Waals surface area contributed by atoms with Crippen LogP contribution in [0.5, 0.6) is 5.88 Å². The number of nitrogens with zero attached hydrogens (tertiary/aromatic N) is 1. The highest BCUT2D eigenvalue weighted by molar-refractivity contribution is 5.91. The van der Waals surface area contributed by atoms with Gasteiger partial charge in [0.2, 0.25) is 5.88 Å². The van der Waals surface area contributed by atoms with Crippen LogP contribution in [0.25, 0.3) is 10.8 Å². The van der Waals surface area contributed by atoms with Gasteiger partial charge >= 0.3 is 0 Å². The number of hydrogen-bond donors (Lipinski definition) is 1. The molecule has 3 rings (SSSR count). The lowest BCUT2D eigenvalue weighted by atomic mass is 10.1. The van der Waals surface area contributed by atoms with Crippen LogP contribution >= 0.6 is 0 Å². The van der Waals surface area contributed by atoms with Crippen molar-refractivity contribution >= 4 is 10.8 Å². The summed E-state index contributed by atoms with van der Waals surface area (Å²) in [6.45, 7) is -0.139. The molecule has 23 heavy (non-hydrogen) atoms. The summed E-state index contributed by atoms with van der Waals surface area (Å²) in [7, 11) is 0. The van der Waals surface area contributed by atoms with Crippen molar-refractivity contribution < 1.29 is 13.5 Å². The fourth-order valence-corrected chi connectivity index (χ4v) is 2.27. The van der Waals surface area contributed by atoms with Crippen molar-refractivity contribution in [2.75, 3.05) is 0 Å². The van der Waals surface area contributed by atoms with E-state index in [0.717, 1.165) is 12.1 Å². The van der Waals surface area contributed by atoms with Crippen LogP contribution < -0.4 is 10.3 Å². The molecule has 0 radical (unpaired) electrons. The second kappa shape index (κ2) is 5.89. The zero-order valence-electron chi connectivity index (χ0n) is 11.8. The fraction of sp³-hybridized carbons (Fsp3) is 0.0588. The highest BCUT2D eigenvalue weighted by atomic mass is 19.1. The average molecular weight is 312 g/mol. The number of benzene rings is 2. The van der Waals surface area contributed by atoms with Gasteiger partial charge in [-0.3, -0.25) is 9.78 Å². The second-order valence-electron chi connectivity index (χ2n) is 4.84. The molecule has 0 aliphatic carbocycles. The Morgan fingerprint density at radius 1 is 1.13 bits per heavy atom. The number of pyridine rings is 1. The summed E-state index contributed by atoms with van der Waals surface area (Å²) in [5, 5.41) is 9.59. The minimum absolute atomic E-state index is 0.00764. The summed E-state index contributed by atoms with van der Waals surface area (Å²) in [6.07, 6.45) is 0. The smallest absolute Gasteiger partial charge is 0.269 e. The molecule has 0 saturated heterocycles. The largest absolute Gasteiger partial charge is 0.473 e. The molecule has 2 aromatic carbocycles. The van der Waals surface area contributed by atoms with Gasteiger partial charge in [-0.25, -0.2) is 8.78 Å². The molecule has 0 aliphatic heterocycles. The summed E-state index contributed by atoms with van der Waals surface area (Å²) in [5.41, 5.74) is -0.476. The van der Waals surface area contributed by atoms with E-state index in [2.05, 4.69) is 4.98 Å². The van der Waals surface area contributed by atoms with Crippen molar-refractivity contribution in [1.29, 1.82) is 5.26 Å². The van der Waals surface area contributed by atoms with Gasteiger partial charge in [0.1, 0.15) is 29.9 Å². The minimum atomic E-state index is -0.643. The predicted octanol–water partition coefficient (Wildman–Crippen LogP) is 3.26. The molecule has 0 saturated carbocycles. The molecule has 4 nitrogen and oxygen atoms in total. The lowest BCUT2D eigenvalue weighted by Crippen LogP contribution is -2.13. The summed E-state index contributed by atoms with van der Waals surface area (Å²) < 4.78 is 32.6. The highest BCUT2D eigenvalue weighted by Crippen LogP contribution is 2.25. The Hall–Kier alpha value is -3.20. The molecule has 0 atom stereocenters. The second-order valence-corrected chi connectivity index (χ2v) is 4.84. The number of fused-ring (bicyclic) bond motifs is 1. The van der Waals surface area contributed by atoms with E-state index in [4.69, 9.17) is 10.00 Å². The van der Waals surface area contributed by atoms with Crippen molar-refractivity contribution in [2.24, 2.45) is 0 Å². The molecule has 0 spiro atoms. The Labute approximate surface area is 129 Å². The zero-order valence-corrected chi connectivity index (χ0v) is 11.8. The third-order valence-corrected chi connectivity index (χ3v) is 3.39. The molecule has 0 fully saturated rings. The molecule has 114 valence electrons. The van der Waals surface area contributed by atoms with Gasteiger partial charge in [-0.2, -0.15) is 5.26 Å². The first-order valence-corrected chi connectivity index (χ1v) is 6.72. The van der Waals surface area contributed by atoms with Gasteiger partial charge in [0, 0.05) is 16.3 Å². The van der Waals surface area contributed by atoms with Crippen LogP contribution in [0.15, 0.2) is 47.3 Å². The number of nitriles is 1. The first kappa shape index (κ1) is 14.7.